The molecule has 4 aromatic rings. The van der Waals surface area contributed by atoms with Crippen LogP contribution in [-0.4, -0.2) is 56.6 Å². The Hall–Kier alpha value is -3.92. The molecule has 0 bridgehead atoms. The summed E-state index contributed by atoms with van der Waals surface area (Å²) in [5.74, 6) is -0.690. The summed E-state index contributed by atoms with van der Waals surface area (Å²) < 4.78 is 44.5. The maximum atomic E-state index is 14.5. The molecule has 3 atom stereocenters. The number of β-amino-alcohol motifs (C(OH)–C–C–N with tert-alkyl or cyclic N) is 1. The van der Waals surface area contributed by atoms with Crippen LogP contribution >= 0.6 is 0 Å². The van der Waals surface area contributed by atoms with E-state index in [1.807, 2.05) is 24.3 Å². The van der Waals surface area contributed by atoms with Crippen molar-refractivity contribution in [2.75, 3.05) is 29.4 Å². The lowest BCUT2D eigenvalue weighted by atomic mass is 10.0. The predicted octanol–water partition coefficient (Wildman–Crippen LogP) is 4.43. The zero-order valence-electron chi connectivity index (χ0n) is 19.9. The van der Waals surface area contributed by atoms with Crippen molar-refractivity contribution in [1.82, 2.24) is 19.6 Å². The van der Waals surface area contributed by atoms with Gasteiger partial charge in [-0.15, -0.1) is 5.10 Å². The van der Waals surface area contributed by atoms with E-state index in [1.54, 1.807) is 33.9 Å². The molecule has 190 valence electrons. The van der Waals surface area contributed by atoms with Crippen molar-refractivity contribution in [3.8, 4) is 0 Å². The number of aliphatic hydroxyl groups excluding tert-OH is 1. The molecule has 1 aromatic carbocycles. The molecule has 5 heterocycles. The lowest BCUT2D eigenvalue weighted by molar-refractivity contribution is 0.198. The number of pyridine rings is 1. The van der Waals surface area contributed by atoms with Gasteiger partial charge in [-0.1, -0.05) is 0 Å². The number of aliphatic hydroxyl groups is 1. The van der Waals surface area contributed by atoms with Crippen molar-refractivity contribution < 1.29 is 18.3 Å². The molecular formula is C27H25F3N6O. The molecule has 0 saturated carbocycles. The molecule has 6 rings (SSSR count). The van der Waals surface area contributed by atoms with Gasteiger partial charge in [-0.2, -0.15) is 0 Å². The van der Waals surface area contributed by atoms with E-state index in [-0.39, 0.29) is 24.6 Å². The summed E-state index contributed by atoms with van der Waals surface area (Å²) in [5.41, 5.74) is 3.12. The number of aromatic nitrogens is 4. The number of hydrogen-bond donors (Lipinski definition) is 1. The molecule has 1 N–H and O–H groups in total. The first-order valence-electron chi connectivity index (χ1n) is 12.2. The van der Waals surface area contributed by atoms with Crippen LogP contribution in [0.5, 0.6) is 0 Å². The van der Waals surface area contributed by atoms with Gasteiger partial charge in [-0.3, -0.25) is 4.98 Å². The Morgan fingerprint density at radius 3 is 2.65 bits per heavy atom. The van der Waals surface area contributed by atoms with E-state index >= 15 is 0 Å². The van der Waals surface area contributed by atoms with Crippen LogP contribution in [-0.2, 0) is 0 Å². The predicted molar refractivity (Wildman–Crippen MR) is 135 cm³/mol. The largest absolute Gasteiger partial charge is 0.391 e. The highest BCUT2D eigenvalue weighted by atomic mass is 19.1. The average molecular weight is 507 g/mol. The Kier molecular flexibility index (Phi) is 6.03. The Labute approximate surface area is 211 Å². The van der Waals surface area contributed by atoms with Crippen LogP contribution < -0.4 is 9.80 Å². The van der Waals surface area contributed by atoms with E-state index in [0.717, 1.165) is 42.5 Å². The number of halogens is 3. The fraction of sp³-hybridized carbons (Fsp3) is 0.296. The van der Waals surface area contributed by atoms with Crippen LogP contribution in [0.15, 0.2) is 54.9 Å². The molecule has 7 nitrogen and oxygen atoms in total. The van der Waals surface area contributed by atoms with Crippen LogP contribution in [0.2, 0.25) is 0 Å². The molecule has 0 spiro atoms. The van der Waals surface area contributed by atoms with Crippen LogP contribution in [0.4, 0.5) is 24.7 Å². The summed E-state index contributed by atoms with van der Waals surface area (Å²) in [4.78, 5) is 12.7. The molecule has 2 fully saturated rings. The van der Waals surface area contributed by atoms with Crippen LogP contribution in [0.1, 0.15) is 35.8 Å². The third kappa shape index (κ3) is 4.64. The quantitative estimate of drug-likeness (QED) is 0.432. The van der Waals surface area contributed by atoms with Gasteiger partial charge in [0.2, 0.25) is 0 Å². The second-order valence-electron chi connectivity index (χ2n) is 9.47. The minimum Gasteiger partial charge on any atom is -0.391 e. The Bertz CT molecular complexity index is 1460. The highest BCUT2D eigenvalue weighted by Gasteiger charge is 2.36. The number of nitrogens with zero attached hydrogens (tertiary/aromatic N) is 6. The van der Waals surface area contributed by atoms with Crippen molar-refractivity contribution >= 4 is 29.3 Å². The number of anilines is 2. The fourth-order valence-electron chi connectivity index (χ4n) is 5.08. The number of alkyl halides is 1. The maximum Gasteiger partial charge on any atom is 0.154 e. The van der Waals surface area contributed by atoms with Gasteiger partial charge in [0.05, 0.1) is 48.2 Å². The minimum atomic E-state index is -1.19. The Balaban J connectivity index is 1.26. The monoisotopic (exact) mass is 506 g/mol. The van der Waals surface area contributed by atoms with E-state index in [2.05, 4.69) is 20.0 Å². The van der Waals surface area contributed by atoms with Gasteiger partial charge in [0, 0.05) is 25.1 Å². The van der Waals surface area contributed by atoms with Gasteiger partial charge in [0.15, 0.2) is 5.65 Å². The third-order valence-electron chi connectivity index (χ3n) is 6.96. The first-order chi connectivity index (χ1) is 17.9. The molecule has 0 unspecified atom stereocenters. The summed E-state index contributed by atoms with van der Waals surface area (Å²) in [7, 11) is 0. The maximum absolute atomic E-state index is 14.5. The Morgan fingerprint density at radius 1 is 0.973 bits per heavy atom. The van der Waals surface area contributed by atoms with Crippen LogP contribution in [0.25, 0.3) is 17.8 Å². The summed E-state index contributed by atoms with van der Waals surface area (Å²) in [5, 5.41) is 14.4. The minimum absolute atomic E-state index is 0.0311. The van der Waals surface area contributed by atoms with Crippen molar-refractivity contribution in [3.05, 3.63) is 83.4 Å². The molecule has 2 saturated heterocycles. The topological polar surface area (TPSA) is 69.8 Å². The molecule has 0 amide bonds. The molecule has 10 heteroatoms. The van der Waals surface area contributed by atoms with Crippen molar-refractivity contribution in [2.45, 2.75) is 31.2 Å². The van der Waals surface area contributed by atoms with Crippen molar-refractivity contribution in [1.29, 1.82) is 0 Å². The summed E-state index contributed by atoms with van der Waals surface area (Å²) in [6, 6.07) is 9.94. The average Bonchev–Trinajstić information content (AvgIpc) is 3.62. The number of benzene rings is 1. The summed E-state index contributed by atoms with van der Waals surface area (Å²) >= 11 is 0. The molecule has 0 radical (unpaired) electrons. The fourth-order valence-corrected chi connectivity index (χ4v) is 5.08. The lowest BCUT2D eigenvalue weighted by Crippen LogP contribution is -2.26. The van der Waals surface area contributed by atoms with Gasteiger partial charge in [0.25, 0.3) is 0 Å². The standard InChI is InChI=1S/C27H25F3N6O/c28-17-1-6-24(30)23(11-17)25-12-18(29)15-35(25)27-8-7-26-32-14-21(36(26)33-27)5-3-19-2-4-20(13-31-19)34-10-9-22(37)16-34/h1-8,11,13-14,18,22,25,37H,9-10,12,15-16H2/b5-3+/t18-,22-,25+/m0/s1. The van der Waals surface area contributed by atoms with E-state index in [0.29, 0.717) is 23.7 Å². The summed E-state index contributed by atoms with van der Waals surface area (Å²) in [6.45, 7) is 1.45. The molecule has 2 aliphatic heterocycles. The molecule has 0 aliphatic carbocycles. The molecular weight excluding hydrogens is 481 g/mol. The number of rotatable bonds is 5. The van der Waals surface area contributed by atoms with Gasteiger partial charge < -0.3 is 14.9 Å². The second kappa shape index (κ2) is 9.51. The van der Waals surface area contributed by atoms with E-state index in [1.165, 1.54) is 0 Å². The SMILES string of the molecule is O[C@H]1CCN(c2ccc(/C=C/c3cnc4ccc(N5C[C@@H](F)C[C@@H]5c5cc(F)ccc5F)nn34)nc2)C1. The normalized spacial score (nSPS) is 22.1. The first kappa shape index (κ1) is 23.5. The summed E-state index contributed by atoms with van der Waals surface area (Å²) in [6.07, 6.45) is 6.46. The van der Waals surface area contributed by atoms with Gasteiger partial charge in [-0.05, 0) is 61.0 Å². The highest BCUT2D eigenvalue weighted by Crippen LogP contribution is 2.38. The molecule has 3 aromatic heterocycles. The van der Waals surface area contributed by atoms with E-state index in [9.17, 15) is 18.3 Å². The number of imidazole rings is 1. The smallest absolute Gasteiger partial charge is 0.154 e. The molecule has 37 heavy (non-hydrogen) atoms. The zero-order valence-corrected chi connectivity index (χ0v) is 19.9. The van der Waals surface area contributed by atoms with Crippen LogP contribution in [0.3, 0.4) is 0 Å². The van der Waals surface area contributed by atoms with Gasteiger partial charge in [0.1, 0.15) is 23.6 Å². The van der Waals surface area contributed by atoms with Crippen molar-refractivity contribution in [2.24, 2.45) is 0 Å². The second-order valence-corrected chi connectivity index (χ2v) is 9.47. The molecule has 2 aliphatic rings. The van der Waals surface area contributed by atoms with Gasteiger partial charge >= 0.3 is 0 Å². The Morgan fingerprint density at radius 2 is 1.86 bits per heavy atom. The highest BCUT2D eigenvalue weighted by molar-refractivity contribution is 5.68. The number of hydrogen-bond acceptors (Lipinski definition) is 6. The van der Waals surface area contributed by atoms with Crippen molar-refractivity contribution in [3.63, 3.8) is 0 Å². The third-order valence-corrected chi connectivity index (χ3v) is 6.96. The lowest BCUT2D eigenvalue weighted by Gasteiger charge is -2.26. The van der Waals surface area contributed by atoms with Crippen LogP contribution in [0, 0.1) is 11.6 Å². The number of fused-ring (bicyclic) bond motifs is 1. The first-order valence-corrected chi connectivity index (χ1v) is 12.2. The van der Waals surface area contributed by atoms with Gasteiger partial charge in [-0.25, -0.2) is 22.7 Å². The zero-order chi connectivity index (χ0) is 25.5. The van der Waals surface area contributed by atoms with E-state index in [4.69, 9.17) is 0 Å². The van der Waals surface area contributed by atoms with E-state index < -0.39 is 23.8 Å².